The average Bonchev–Trinajstić information content (AvgIpc) is 2.83. The fourth-order valence-corrected chi connectivity index (χ4v) is 3.95. The molecule has 1 amide bonds. The van der Waals surface area contributed by atoms with Gasteiger partial charge in [0.05, 0.1) is 11.6 Å². The van der Waals surface area contributed by atoms with E-state index in [0.29, 0.717) is 6.54 Å². The lowest BCUT2D eigenvalue weighted by atomic mass is 9.97. The highest BCUT2D eigenvalue weighted by Crippen LogP contribution is 2.23. The van der Waals surface area contributed by atoms with Gasteiger partial charge in [-0.25, -0.2) is 0 Å². The molecule has 0 aliphatic carbocycles. The number of rotatable bonds is 7. The number of amides is 1. The molecule has 5 heteroatoms. The number of piperidine rings is 1. The molecule has 3 aromatic rings. The lowest BCUT2D eigenvalue weighted by Crippen LogP contribution is -2.43. The first-order valence-corrected chi connectivity index (χ1v) is 10.8. The van der Waals surface area contributed by atoms with Crippen LogP contribution in [0.25, 0.3) is 11.3 Å². The fourth-order valence-electron chi connectivity index (χ4n) is 3.95. The van der Waals surface area contributed by atoms with E-state index in [-0.39, 0.29) is 11.8 Å². The monoisotopic (exact) mass is 400 g/mol. The van der Waals surface area contributed by atoms with Crippen molar-refractivity contribution in [1.82, 2.24) is 15.5 Å². The maximum atomic E-state index is 12.7. The highest BCUT2D eigenvalue weighted by atomic mass is 16.1. The van der Waals surface area contributed by atoms with Crippen molar-refractivity contribution in [2.75, 3.05) is 24.5 Å². The Hall–Kier alpha value is -3.21. The van der Waals surface area contributed by atoms with Crippen molar-refractivity contribution >= 4 is 11.7 Å². The maximum absolute atomic E-state index is 12.7. The van der Waals surface area contributed by atoms with Gasteiger partial charge >= 0.3 is 0 Å². The summed E-state index contributed by atoms with van der Waals surface area (Å²) in [7, 11) is 0. The van der Waals surface area contributed by atoms with Gasteiger partial charge in [0.2, 0.25) is 5.91 Å². The van der Waals surface area contributed by atoms with Crippen LogP contribution in [0.3, 0.4) is 0 Å². The lowest BCUT2D eigenvalue weighted by Gasteiger charge is -2.32. The van der Waals surface area contributed by atoms with Crippen LogP contribution < -0.4 is 10.2 Å². The van der Waals surface area contributed by atoms with E-state index in [2.05, 4.69) is 44.7 Å². The van der Waals surface area contributed by atoms with Crippen LogP contribution in [0.15, 0.2) is 72.8 Å². The molecule has 1 saturated heterocycles. The second-order valence-electron chi connectivity index (χ2n) is 7.81. The molecule has 0 spiro atoms. The molecular weight excluding hydrogens is 372 g/mol. The Bertz CT molecular complexity index is 928. The Labute approximate surface area is 178 Å². The first-order valence-electron chi connectivity index (χ1n) is 10.8. The number of carbonyl (C=O) groups excluding carboxylic acids is 1. The van der Waals surface area contributed by atoms with Gasteiger partial charge in [-0.2, -0.15) is 0 Å². The highest BCUT2D eigenvalue weighted by molar-refractivity contribution is 5.79. The zero-order valence-corrected chi connectivity index (χ0v) is 17.2. The summed E-state index contributed by atoms with van der Waals surface area (Å²) in [5, 5.41) is 11.9. The third kappa shape index (κ3) is 5.23. The molecule has 0 bridgehead atoms. The van der Waals surface area contributed by atoms with Crippen molar-refractivity contribution in [1.29, 1.82) is 0 Å². The summed E-state index contributed by atoms with van der Waals surface area (Å²) >= 11 is 0. The fraction of sp³-hybridized carbons (Fsp3) is 0.320. The number of aromatic nitrogens is 2. The molecule has 154 valence electrons. The van der Waals surface area contributed by atoms with Crippen LogP contribution in [0.4, 0.5) is 5.82 Å². The van der Waals surface area contributed by atoms with Crippen LogP contribution in [-0.4, -0.2) is 35.7 Å². The van der Waals surface area contributed by atoms with Crippen molar-refractivity contribution in [2.45, 2.75) is 25.7 Å². The largest absolute Gasteiger partial charge is 0.356 e. The quantitative estimate of drug-likeness (QED) is 0.607. The maximum Gasteiger partial charge on any atom is 0.224 e. The number of anilines is 1. The highest BCUT2D eigenvalue weighted by Gasteiger charge is 2.26. The van der Waals surface area contributed by atoms with E-state index in [1.54, 1.807) is 0 Å². The number of nitrogens with zero attached hydrogens (tertiary/aromatic N) is 3. The molecular formula is C25H28N4O. The molecule has 0 saturated carbocycles. The summed E-state index contributed by atoms with van der Waals surface area (Å²) in [4.78, 5) is 14.8. The molecule has 30 heavy (non-hydrogen) atoms. The number of carbonyl (C=O) groups is 1. The van der Waals surface area contributed by atoms with Crippen LogP contribution in [0.2, 0.25) is 0 Å². The van der Waals surface area contributed by atoms with Crippen molar-refractivity contribution in [3.63, 3.8) is 0 Å². The van der Waals surface area contributed by atoms with Crippen LogP contribution in [0.5, 0.6) is 0 Å². The van der Waals surface area contributed by atoms with Crippen molar-refractivity contribution < 1.29 is 4.79 Å². The van der Waals surface area contributed by atoms with Gasteiger partial charge < -0.3 is 10.2 Å². The van der Waals surface area contributed by atoms with Gasteiger partial charge in [-0.1, -0.05) is 60.7 Å². The van der Waals surface area contributed by atoms with Crippen molar-refractivity contribution in [3.05, 3.63) is 78.4 Å². The molecule has 2 aromatic carbocycles. The van der Waals surface area contributed by atoms with Crippen LogP contribution >= 0.6 is 0 Å². The second-order valence-corrected chi connectivity index (χ2v) is 7.81. The van der Waals surface area contributed by atoms with E-state index in [4.69, 9.17) is 0 Å². The average molecular weight is 401 g/mol. The van der Waals surface area contributed by atoms with Crippen LogP contribution in [0.1, 0.15) is 24.8 Å². The lowest BCUT2D eigenvalue weighted by molar-refractivity contribution is -0.125. The van der Waals surface area contributed by atoms with Crippen LogP contribution in [0, 0.1) is 5.92 Å². The Morgan fingerprint density at radius 2 is 1.73 bits per heavy atom. The predicted octanol–water partition coefficient (Wildman–Crippen LogP) is 4.11. The molecule has 2 heterocycles. The standard InChI is InChI=1S/C25H28N4O/c30-25(26-17-7-11-20-9-3-1-4-10-20)22-14-8-18-29(19-22)24-16-15-23(27-28-24)21-12-5-2-6-13-21/h1-6,9-10,12-13,15-16,22H,7-8,11,14,17-19H2,(H,26,30). The van der Waals surface area contributed by atoms with Gasteiger partial charge in [0.15, 0.2) is 5.82 Å². The minimum atomic E-state index is 0.00563. The zero-order chi connectivity index (χ0) is 20.6. The smallest absolute Gasteiger partial charge is 0.224 e. The van der Waals surface area contributed by atoms with Gasteiger partial charge in [0, 0.05) is 25.2 Å². The Kier molecular flexibility index (Phi) is 6.70. The summed E-state index contributed by atoms with van der Waals surface area (Å²) in [6, 6.07) is 24.5. The SMILES string of the molecule is O=C(NCCCc1ccccc1)C1CCCN(c2ccc(-c3ccccc3)nn2)C1. The zero-order valence-electron chi connectivity index (χ0n) is 17.2. The first-order chi connectivity index (χ1) is 14.8. The number of aryl methyl sites for hydroxylation is 1. The Morgan fingerprint density at radius 3 is 2.47 bits per heavy atom. The van der Waals surface area contributed by atoms with Gasteiger partial charge in [0.25, 0.3) is 0 Å². The number of hydrogen-bond acceptors (Lipinski definition) is 4. The summed E-state index contributed by atoms with van der Waals surface area (Å²) in [5.74, 6) is 1.00. The Morgan fingerprint density at radius 1 is 0.967 bits per heavy atom. The summed E-state index contributed by atoms with van der Waals surface area (Å²) in [6.07, 6.45) is 3.86. The van der Waals surface area contributed by atoms with Crippen molar-refractivity contribution in [3.8, 4) is 11.3 Å². The third-order valence-corrected chi connectivity index (χ3v) is 5.62. The summed E-state index contributed by atoms with van der Waals surface area (Å²) in [6.45, 7) is 2.33. The van der Waals surface area contributed by atoms with Gasteiger partial charge in [-0.05, 0) is 43.4 Å². The van der Waals surface area contributed by atoms with Gasteiger partial charge in [-0.15, -0.1) is 10.2 Å². The van der Waals surface area contributed by atoms with Gasteiger partial charge in [0.1, 0.15) is 0 Å². The van der Waals surface area contributed by atoms with E-state index < -0.39 is 0 Å². The predicted molar refractivity (Wildman–Crippen MR) is 120 cm³/mol. The number of benzene rings is 2. The number of hydrogen-bond donors (Lipinski definition) is 1. The second kappa shape index (κ2) is 10.0. The normalized spacial score (nSPS) is 16.3. The molecule has 1 aliphatic rings. The van der Waals surface area contributed by atoms with E-state index in [0.717, 1.165) is 55.8 Å². The molecule has 5 nitrogen and oxygen atoms in total. The topological polar surface area (TPSA) is 58.1 Å². The summed E-state index contributed by atoms with van der Waals surface area (Å²) < 4.78 is 0. The summed E-state index contributed by atoms with van der Waals surface area (Å²) in [5.41, 5.74) is 3.24. The van der Waals surface area contributed by atoms with Crippen LogP contribution in [-0.2, 0) is 11.2 Å². The van der Waals surface area contributed by atoms with E-state index in [9.17, 15) is 4.79 Å². The molecule has 0 radical (unpaired) electrons. The van der Waals surface area contributed by atoms with E-state index >= 15 is 0 Å². The molecule has 1 aromatic heterocycles. The third-order valence-electron chi connectivity index (χ3n) is 5.62. The minimum absolute atomic E-state index is 0.00563. The first kappa shape index (κ1) is 20.1. The van der Waals surface area contributed by atoms with Gasteiger partial charge in [-0.3, -0.25) is 4.79 Å². The molecule has 1 unspecified atom stereocenters. The Balaban J connectivity index is 1.28. The minimum Gasteiger partial charge on any atom is -0.356 e. The molecule has 1 N–H and O–H groups in total. The van der Waals surface area contributed by atoms with Crippen molar-refractivity contribution in [2.24, 2.45) is 5.92 Å². The number of nitrogens with one attached hydrogen (secondary N) is 1. The molecule has 1 aliphatic heterocycles. The molecule has 1 atom stereocenters. The molecule has 4 rings (SSSR count). The van der Waals surface area contributed by atoms with E-state index in [1.165, 1.54) is 5.56 Å². The molecule has 1 fully saturated rings. The van der Waals surface area contributed by atoms with E-state index in [1.807, 2.05) is 48.5 Å².